The first kappa shape index (κ1) is 13.4. The molecule has 0 unspecified atom stereocenters. The van der Waals surface area contributed by atoms with Crippen molar-refractivity contribution >= 4 is 35.3 Å². The summed E-state index contributed by atoms with van der Waals surface area (Å²) in [5.74, 6) is 0. The maximum Gasteiger partial charge on any atom is 0.0273 e. The Bertz CT molecular complexity index is 781. The van der Waals surface area contributed by atoms with E-state index in [0.717, 1.165) is 0 Å². The van der Waals surface area contributed by atoms with E-state index in [1.807, 2.05) is 35.3 Å². The molecule has 0 radical (unpaired) electrons. The van der Waals surface area contributed by atoms with Gasteiger partial charge in [-0.15, -0.1) is 0 Å². The molecule has 0 N–H and O–H groups in total. The highest BCUT2D eigenvalue weighted by atomic mass is 32.2. The molecule has 0 bridgehead atoms. The molecule has 0 aromatic heterocycles. The van der Waals surface area contributed by atoms with E-state index in [4.69, 9.17) is 0 Å². The Morgan fingerprint density at radius 3 is 1.90 bits per heavy atom. The van der Waals surface area contributed by atoms with Crippen LogP contribution in [0.15, 0.2) is 102 Å². The van der Waals surface area contributed by atoms with E-state index in [0.29, 0.717) is 0 Å². The van der Waals surface area contributed by atoms with Gasteiger partial charge in [0, 0.05) is 29.4 Å². The van der Waals surface area contributed by atoms with Crippen molar-refractivity contribution in [2.24, 2.45) is 0 Å². The third kappa shape index (κ3) is 2.86. The summed E-state index contributed by atoms with van der Waals surface area (Å²) >= 11 is 5.56. The Labute approximate surface area is 137 Å². The highest BCUT2D eigenvalue weighted by Gasteiger charge is 2.16. The van der Waals surface area contributed by atoms with Crippen molar-refractivity contribution in [1.29, 1.82) is 0 Å². The van der Waals surface area contributed by atoms with Crippen molar-refractivity contribution < 1.29 is 0 Å². The molecule has 0 atom stereocenters. The van der Waals surface area contributed by atoms with Crippen LogP contribution in [0, 0.1) is 0 Å². The second kappa shape index (κ2) is 5.84. The lowest BCUT2D eigenvalue weighted by molar-refractivity contribution is 1.13. The van der Waals surface area contributed by atoms with Gasteiger partial charge >= 0.3 is 0 Å². The molecule has 0 saturated heterocycles. The summed E-state index contributed by atoms with van der Waals surface area (Å²) in [6.45, 7) is 0. The number of fused-ring (bicyclic) bond motifs is 2. The Morgan fingerprint density at radius 2 is 1.14 bits per heavy atom. The molecule has 0 amide bonds. The molecule has 0 spiro atoms. The standard InChI is InChI=1S/C18H12S3/c1-2-6-13(7-3-1)19-14-10-11-17-18(12-14)21-16-9-5-4-8-15(16)20-17/h1-12H. The van der Waals surface area contributed by atoms with Crippen LogP contribution < -0.4 is 0 Å². The fourth-order valence-electron chi connectivity index (χ4n) is 2.20. The number of hydrogen-bond acceptors (Lipinski definition) is 3. The third-order valence-electron chi connectivity index (χ3n) is 3.18. The van der Waals surface area contributed by atoms with Gasteiger partial charge in [0.25, 0.3) is 0 Å². The second-order valence-electron chi connectivity index (χ2n) is 4.67. The number of rotatable bonds is 2. The van der Waals surface area contributed by atoms with Crippen LogP contribution in [0.25, 0.3) is 0 Å². The Balaban J connectivity index is 1.64. The summed E-state index contributed by atoms with van der Waals surface area (Å²) in [5, 5.41) is 0. The third-order valence-corrected chi connectivity index (χ3v) is 6.72. The van der Waals surface area contributed by atoms with Crippen LogP contribution in [0.4, 0.5) is 0 Å². The summed E-state index contributed by atoms with van der Waals surface area (Å²) in [4.78, 5) is 8.02. The van der Waals surface area contributed by atoms with Gasteiger partial charge in [0.05, 0.1) is 0 Å². The van der Waals surface area contributed by atoms with Gasteiger partial charge in [0.2, 0.25) is 0 Å². The molecule has 0 aliphatic carbocycles. The molecule has 1 aliphatic heterocycles. The topological polar surface area (TPSA) is 0 Å². The molecule has 3 aromatic rings. The zero-order valence-corrected chi connectivity index (χ0v) is 13.6. The van der Waals surface area contributed by atoms with Crippen LogP contribution in [-0.4, -0.2) is 0 Å². The summed E-state index contributed by atoms with van der Waals surface area (Å²) in [6.07, 6.45) is 0. The fraction of sp³-hybridized carbons (Fsp3) is 0. The highest BCUT2D eigenvalue weighted by molar-refractivity contribution is 8.05. The van der Waals surface area contributed by atoms with E-state index in [1.54, 1.807) is 0 Å². The quantitative estimate of drug-likeness (QED) is 0.415. The Kier molecular flexibility index (Phi) is 3.72. The van der Waals surface area contributed by atoms with Crippen molar-refractivity contribution in [3.8, 4) is 0 Å². The van der Waals surface area contributed by atoms with Crippen molar-refractivity contribution in [2.45, 2.75) is 29.4 Å². The van der Waals surface area contributed by atoms with E-state index in [2.05, 4.69) is 72.8 Å². The summed E-state index contributed by atoms with van der Waals surface area (Å²) in [7, 11) is 0. The predicted octanol–water partition coefficient (Wildman–Crippen LogP) is 6.45. The van der Waals surface area contributed by atoms with E-state index in [-0.39, 0.29) is 0 Å². The van der Waals surface area contributed by atoms with Gasteiger partial charge < -0.3 is 0 Å². The lowest BCUT2D eigenvalue weighted by Crippen LogP contribution is -1.89. The molecule has 3 aromatic carbocycles. The largest absolute Gasteiger partial charge is 0.0901 e. The van der Waals surface area contributed by atoms with Gasteiger partial charge in [-0.2, -0.15) is 0 Å². The summed E-state index contributed by atoms with van der Waals surface area (Å²) < 4.78 is 0. The summed E-state index contributed by atoms with van der Waals surface area (Å²) in [5.41, 5.74) is 0. The molecule has 0 fully saturated rings. The first-order valence-corrected chi connectivity index (χ1v) is 9.15. The van der Waals surface area contributed by atoms with E-state index >= 15 is 0 Å². The zero-order valence-electron chi connectivity index (χ0n) is 11.2. The first-order valence-electron chi connectivity index (χ1n) is 6.70. The maximum absolute atomic E-state index is 2.31. The molecule has 3 heteroatoms. The molecule has 4 rings (SSSR count). The molecule has 1 heterocycles. The maximum atomic E-state index is 2.31. The fourth-order valence-corrected chi connectivity index (χ4v) is 5.40. The number of benzene rings is 3. The molecule has 21 heavy (non-hydrogen) atoms. The highest BCUT2D eigenvalue weighted by Crippen LogP contribution is 2.49. The Morgan fingerprint density at radius 1 is 0.524 bits per heavy atom. The minimum Gasteiger partial charge on any atom is -0.0901 e. The van der Waals surface area contributed by atoms with Crippen LogP contribution in [-0.2, 0) is 0 Å². The second-order valence-corrected chi connectivity index (χ2v) is 7.99. The van der Waals surface area contributed by atoms with Crippen LogP contribution >= 0.6 is 35.3 Å². The lowest BCUT2D eigenvalue weighted by Gasteiger charge is -2.18. The lowest BCUT2D eigenvalue weighted by atomic mass is 10.3. The van der Waals surface area contributed by atoms with Gasteiger partial charge in [0.15, 0.2) is 0 Å². The molecular formula is C18H12S3. The predicted molar refractivity (Wildman–Crippen MR) is 91.7 cm³/mol. The Hall–Kier alpha value is -1.29. The monoisotopic (exact) mass is 324 g/mol. The molecule has 0 nitrogen and oxygen atoms in total. The van der Waals surface area contributed by atoms with Crippen LogP contribution in [0.3, 0.4) is 0 Å². The first-order chi connectivity index (χ1) is 10.4. The van der Waals surface area contributed by atoms with E-state index in [1.165, 1.54) is 29.4 Å². The average Bonchev–Trinajstić information content (AvgIpc) is 2.54. The van der Waals surface area contributed by atoms with Crippen molar-refractivity contribution in [3.05, 3.63) is 72.8 Å². The summed E-state index contributed by atoms with van der Waals surface area (Å²) in [6, 6.07) is 25.9. The molecular weight excluding hydrogens is 312 g/mol. The van der Waals surface area contributed by atoms with E-state index < -0.39 is 0 Å². The van der Waals surface area contributed by atoms with Crippen LogP contribution in [0.5, 0.6) is 0 Å². The normalized spacial score (nSPS) is 12.6. The minimum absolute atomic E-state index is 1.28. The molecule has 0 saturated carbocycles. The van der Waals surface area contributed by atoms with E-state index in [9.17, 15) is 0 Å². The van der Waals surface area contributed by atoms with Crippen molar-refractivity contribution in [2.75, 3.05) is 0 Å². The van der Waals surface area contributed by atoms with Crippen molar-refractivity contribution in [3.63, 3.8) is 0 Å². The molecule has 1 aliphatic rings. The van der Waals surface area contributed by atoms with Gasteiger partial charge in [-0.3, -0.25) is 0 Å². The van der Waals surface area contributed by atoms with Crippen molar-refractivity contribution in [1.82, 2.24) is 0 Å². The van der Waals surface area contributed by atoms with Gasteiger partial charge in [-0.1, -0.05) is 65.6 Å². The van der Waals surface area contributed by atoms with Gasteiger partial charge in [-0.05, 0) is 42.5 Å². The van der Waals surface area contributed by atoms with Crippen LogP contribution in [0.1, 0.15) is 0 Å². The zero-order chi connectivity index (χ0) is 14.1. The smallest absolute Gasteiger partial charge is 0.0273 e. The van der Waals surface area contributed by atoms with Gasteiger partial charge in [0.1, 0.15) is 0 Å². The SMILES string of the molecule is c1ccc(Sc2ccc3c(c2)Sc2ccccc2S3)cc1. The van der Waals surface area contributed by atoms with Gasteiger partial charge in [-0.25, -0.2) is 0 Å². The average molecular weight is 324 g/mol. The molecule has 102 valence electrons. The van der Waals surface area contributed by atoms with Crippen LogP contribution in [0.2, 0.25) is 0 Å². The number of hydrogen-bond donors (Lipinski definition) is 0. The minimum atomic E-state index is 1.28.